The van der Waals surface area contributed by atoms with E-state index in [9.17, 15) is 4.79 Å². The lowest BCUT2D eigenvalue weighted by molar-refractivity contribution is 0.0944. The van der Waals surface area contributed by atoms with Gasteiger partial charge in [-0.15, -0.1) is 0 Å². The molecule has 0 radical (unpaired) electrons. The molecule has 2 rings (SSSR count). The number of nitrogens with one attached hydrogen (secondary N) is 2. The SMILES string of the molecule is COc1ccc(CCNC(=O)c2ncn[nH]2)cc1OC. The van der Waals surface area contributed by atoms with Crippen molar-refractivity contribution in [2.45, 2.75) is 6.42 Å². The van der Waals surface area contributed by atoms with Gasteiger partial charge < -0.3 is 14.8 Å². The minimum Gasteiger partial charge on any atom is -0.493 e. The maximum atomic E-state index is 11.6. The monoisotopic (exact) mass is 276 g/mol. The van der Waals surface area contributed by atoms with E-state index in [1.807, 2.05) is 18.2 Å². The van der Waals surface area contributed by atoms with E-state index in [0.717, 1.165) is 5.56 Å². The van der Waals surface area contributed by atoms with Crippen LogP contribution in [0.3, 0.4) is 0 Å². The molecule has 7 nitrogen and oxygen atoms in total. The predicted molar refractivity (Wildman–Crippen MR) is 72.0 cm³/mol. The average Bonchev–Trinajstić information content (AvgIpc) is 3.01. The number of aromatic amines is 1. The third-order valence-electron chi connectivity index (χ3n) is 2.78. The van der Waals surface area contributed by atoms with Crippen molar-refractivity contribution in [3.05, 3.63) is 35.9 Å². The zero-order chi connectivity index (χ0) is 14.4. The molecule has 1 heterocycles. The Labute approximate surface area is 116 Å². The van der Waals surface area contributed by atoms with E-state index in [-0.39, 0.29) is 11.7 Å². The number of benzene rings is 1. The van der Waals surface area contributed by atoms with Gasteiger partial charge in [0.1, 0.15) is 6.33 Å². The van der Waals surface area contributed by atoms with Gasteiger partial charge in [0.05, 0.1) is 14.2 Å². The fourth-order valence-electron chi connectivity index (χ4n) is 1.76. The zero-order valence-corrected chi connectivity index (χ0v) is 11.3. The van der Waals surface area contributed by atoms with Gasteiger partial charge in [-0.05, 0) is 24.1 Å². The van der Waals surface area contributed by atoms with Crippen molar-refractivity contribution in [1.82, 2.24) is 20.5 Å². The Morgan fingerprint density at radius 2 is 2.10 bits per heavy atom. The lowest BCUT2D eigenvalue weighted by atomic mass is 10.1. The molecule has 0 bridgehead atoms. The van der Waals surface area contributed by atoms with Crippen molar-refractivity contribution in [2.24, 2.45) is 0 Å². The van der Waals surface area contributed by atoms with Gasteiger partial charge in [0.2, 0.25) is 5.82 Å². The van der Waals surface area contributed by atoms with Crippen LogP contribution in [-0.4, -0.2) is 41.9 Å². The van der Waals surface area contributed by atoms with Crippen LogP contribution in [0.1, 0.15) is 16.2 Å². The molecule has 2 N–H and O–H groups in total. The highest BCUT2D eigenvalue weighted by atomic mass is 16.5. The first kappa shape index (κ1) is 13.9. The molecule has 0 aliphatic heterocycles. The van der Waals surface area contributed by atoms with Crippen LogP contribution >= 0.6 is 0 Å². The highest BCUT2D eigenvalue weighted by Gasteiger charge is 2.08. The number of methoxy groups -OCH3 is 2. The summed E-state index contributed by atoms with van der Waals surface area (Å²) in [5, 5.41) is 8.89. The molecule has 20 heavy (non-hydrogen) atoms. The fraction of sp³-hybridized carbons (Fsp3) is 0.308. The van der Waals surface area contributed by atoms with Gasteiger partial charge in [-0.3, -0.25) is 9.89 Å². The average molecular weight is 276 g/mol. The second-order valence-corrected chi connectivity index (χ2v) is 4.03. The number of amides is 1. The van der Waals surface area contributed by atoms with E-state index in [0.29, 0.717) is 24.5 Å². The molecule has 0 aliphatic rings. The summed E-state index contributed by atoms with van der Waals surface area (Å²) < 4.78 is 10.4. The summed E-state index contributed by atoms with van der Waals surface area (Å²) >= 11 is 0. The molecule has 7 heteroatoms. The van der Waals surface area contributed by atoms with Crippen molar-refractivity contribution in [2.75, 3.05) is 20.8 Å². The van der Waals surface area contributed by atoms with Crippen molar-refractivity contribution in [3.8, 4) is 11.5 Å². The number of nitrogens with zero attached hydrogens (tertiary/aromatic N) is 2. The summed E-state index contributed by atoms with van der Waals surface area (Å²) in [7, 11) is 3.18. The van der Waals surface area contributed by atoms with Crippen molar-refractivity contribution in [1.29, 1.82) is 0 Å². The number of aromatic nitrogens is 3. The summed E-state index contributed by atoms with van der Waals surface area (Å²) in [4.78, 5) is 15.4. The van der Waals surface area contributed by atoms with Crippen LogP contribution < -0.4 is 14.8 Å². The van der Waals surface area contributed by atoms with Gasteiger partial charge >= 0.3 is 0 Å². The molecule has 0 aliphatic carbocycles. The molecule has 1 aromatic heterocycles. The maximum absolute atomic E-state index is 11.6. The Morgan fingerprint density at radius 1 is 1.30 bits per heavy atom. The highest BCUT2D eigenvalue weighted by molar-refractivity contribution is 5.90. The van der Waals surface area contributed by atoms with E-state index >= 15 is 0 Å². The first-order chi connectivity index (χ1) is 9.74. The van der Waals surface area contributed by atoms with E-state index in [4.69, 9.17) is 9.47 Å². The largest absolute Gasteiger partial charge is 0.493 e. The molecule has 0 saturated heterocycles. The topological polar surface area (TPSA) is 89.1 Å². The van der Waals surface area contributed by atoms with Crippen LogP contribution in [-0.2, 0) is 6.42 Å². The summed E-state index contributed by atoms with van der Waals surface area (Å²) in [5.74, 6) is 1.29. The lowest BCUT2D eigenvalue weighted by Crippen LogP contribution is -2.26. The molecule has 1 aromatic carbocycles. The Morgan fingerprint density at radius 3 is 2.75 bits per heavy atom. The summed E-state index contributed by atoms with van der Waals surface area (Å²) in [5.41, 5.74) is 1.04. The Hall–Kier alpha value is -2.57. The number of hydrogen-bond acceptors (Lipinski definition) is 5. The molecule has 0 atom stereocenters. The number of carbonyl (C=O) groups is 1. The smallest absolute Gasteiger partial charge is 0.288 e. The summed E-state index contributed by atoms with van der Waals surface area (Å²) in [6, 6.07) is 5.66. The zero-order valence-electron chi connectivity index (χ0n) is 11.3. The van der Waals surface area contributed by atoms with E-state index in [2.05, 4.69) is 20.5 Å². The van der Waals surface area contributed by atoms with Crippen LogP contribution in [0.25, 0.3) is 0 Å². The highest BCUT2D eigenvalue weighted by Crippen LogP contribution is 2.27. The molecule has 0 unspecified atom stereocenters. The molecule has 1 amide bonds. The number of hydrogen-bond donors (Lipinski definition) is 2. The van der Waals surface area contributed by atoms with Gasteiger partial charge in [0.15, 0.2) is 11.5 Å². The molecule has 106 valence electrons. The van der Waals surface area contributed by atoms with E-state index in [1.165, 1.54) is 6.33 Å². The molecule has 0 spiro atoms. The van der Waals surface area contributed by atoms with Gasteiger partial charge in [-0.2, -0.15) is 5.10 Å². The molecule has 0 fully saturated rings. The minimum atomic E-state index is -0.275. The standard InChI is InChI=1S/C13H16N4O3/c1-19-10-4-3-9(7-11(10)20-2)5-6-14-13(18)12-15-8-16-17-12/h3-4,7-8H,5-6H2,1-2H3,(H,14,18)(H,15,16,17). The fourth-order valence-corrected chi connectivity index (χ4v) is 1.76. The first-order valence-corrected chi connectivity index (χ1v) is 6.09. The number of H-pyrrole nitrogens is 1. The Balaban J connectivity index is 1.89. The second kappa shape index (κ2) is 6.55. The van der Waals surface area contributed by atoms with Crippen LogP contribution in [0.15, 0.2) is 24.5 Å². The lowest BCUT2D eigenvalue weighted by Gasteiger charge is -2.09. The maximum Gasteiger partial charge on any atom is 0.288 e. The minimum absolute atomic E-state index is 0.206. The van der Waals surface area contributed by atoms with Gasteiger partial charge in [-0.25, -0.2) is 4.98 Å². The molecular weight excluding hydrogens is 260 g/mol. The second-order valence-electron chi connectivity index (χ2n) is 4.03. The van der Waals surface area contributed by atoms with Crippen LogP contribution in [0.2, 0.25) is 0 Å². The van der Waals surface area contributed by atoms with Crippen LogP contribution in [0.4, 0.5) is 0 Å². The molecular formula is C13H16N4O3. The van der Waals surface area contributed by atoms with Gasteiger partial charge in [0.25, 0.3) is 5.91 Å². The van der Waals surface area contributed by atoms with Crippen LogP contribution in [0.5, 0.6) is 11.5 Å². The van der Waals surface area contributed by atoms with Gasteiger partial charge in [0, 0.05) is 6.54 Å². The van der Waals surface area contributed by atoms with E-state index in [1.54, 1.807) is 14.2 Å². The molecule has 2 aromatic rings. The third-order valence-corrected chi connectivity index (χ3v) is 2.78. The number of rotatable bonds is 6. The first-order valence-electron chi connectivity index (χ1n) is 6.09. The Kier molecular flexibility index (Phi) is 4.54. The number of ether oxygens (including phenoxy) is 2. The Bertz CT molecular complexity index is 569. The van der Waals surface area contributed by atoms with Gasteiger partial charge in [-0.1, -0.05) is 6.07 Å². The van der Waals surface area contributed by atoms with Crippen molar-refractivity contribution >= 4 is 5.91 Å². The van der Waals surface area contributed by atoms with E-state index < -0.39 is 0 Å². The number of carbonyl (C=O) groups excluding carboxylic acids is 1. The van der Waals surface area contributed by atoms with Crippen LogP contribution in [0, 0.1) is 0 Å². The quantitative estimate of drug-likeness (QED) is 0.814. The molecule has 0 saturated carbocycles. The summed E-state index contributed by atoms with van der Waals surface area (Å²) in [6.45, 7) is 0.495. The van der Waals surface area contributed by atoms with Crippen molar-refractivity contribution in [3.63, 3.8) is 0 Å². The van der Waals surface area contributed by atoms with Crippen molar-refractivity contribution < 1.29 is 14.3 Å². The third kappa shape index (κ3) is 3.25. The predicted octanol–water partition coefficient (Wildman–Crippen LogP) is 0.794. The normalized spacial score (nSPS) is 10.1. The summed E-state index contributed by atoms with van der Waals surface area (Å²) in [6.07, 6.45) is 1.98.